The third-order valence-corrected chi connectivity index (χ3v) is 3.80. The molecule has 1 aliphatic carbocycles. The third kappa shape index (κ3) is 2.29. The summed E-state index contributed by atoms with van der Waals surface area (Å²) >= 11 is 0. The molecule has 1 aromatic carbocycles. The normalized spacial score (nSPS) is 18.8. The van der Waals surface area contributed by atoms with E-state index in [1.807, 2.05) is 12.4 Å². The second kappa shape index (κ2) is 4.91. The number of rotatable bonds is 4. The first-order chi connectivity index (χ1) is 8.83. The van der Waals surface area contributed by atoms with Crippen molar-refractivity contribution in [3.05, 3.63) is 65.5 Å². The summed E-state index contributed by atoms with van der Waals surface area (Å²) < 4.78 is 0. The molecule has 0 spiro atoms. The van der Waals surface area contributed by atoms with Gasteiger partial charge in [0.05, 0.1) is 0 Å². The summed E-state index contributed by atoms with van der Waals surface area (Å²) in [6, 6.07) is 13.0. The molecule has 18 heavy (non-hydrogen) atoms. The molecule has 0 fully saturated rings. The van der Waals surface area contributed by atoms with Crippen LogP contribution in [0.4, 0.5) is 0 Å². The molecule has 2 heteroatoms. The zero-order valence-corrected chi connectivity index (χ0v) is 10.4. The van der Waals surface area contributed by atoms with Gasteiger partial charge in [-0.2, -0.15) is 0 Å². The van der Waals surface area contributed by atoms with Crippen molar-refractivity contribution in [2.24, 2.45) is 5.73 Å². The molecule has 2 unspecified atom stereocenters. The number of nitrogens with two attached hydrogens (primary N) is 1. The summed E-state index contributed by atoms with van der Waals surface area (Å²) in [5.41, 5.74) is 10.5. The van der Waals surface area contributed by atoms with Crippen molar-refractivity contribution in [1.82, 2.24) is 4.98 Å². The van der Waals surface area contributed by atoms with Crippen LogP contribution in [0.5, 0.6) is 0 Å². The largest absolute Gasteiger partial charge is 0.327 e. The molecule has 0 radical (unpaired) electrons. The van der Waals surface area contributed by atoms with Crippen molar-refractivity contribution in [1.29, 1.82) is 0 Å². The van der Waals surface area contributed by atoms with Gasteiger partial charge >= 0.3 is 0 Å². The zero-order chi connectivity index (χ0) is 12.4. The minimum absolute atomic E-state index is 0.241. The number of benzene rings is 1. The van der Waals surface area contributed by atoms with Crippen LogP contribution < -0.4 is 5.73 Å². The van der Waals surface area contributed by atoms with E-state index in [2.05, 4.69) is 41.4 Å². The van der Waals surface area contributed by atoms with Crippen LogP contribution in [-0.2, 0) is 12.8 Å². The highest BCUT2D eigenvalue weighted by Crippen LogP contribution is 2.37. The van der Waals surface area contributed by atoms with E-state index >= 15 is 0 Å². The molecule has 0 saturated carbocycles. The van der Waals surface area contributed by atoms with Crippen molar-refractivity contribution in [2.45, 2.75) is 31.2 Å². The quantitative estimate of drug-likeness (QED) is 0.889. The lowest BCUT2D eigenvalue weighted by Gasteiger charge is -2.32. The fourth-order valence-electron chi connectivity index (χ4n) is 2.84. The highest BCUT2D eigenvalue weighted by molar-refractivity contribution is 5.40. The zero-order valence-electron chi connectivity index (χ0n) is 10.4. The summed E-state index contributed by atoms with van der Waals surface area (Å²) in [7, 11) is 0. The number of pyridine rings is 1. The summed E-state index contributed by atoms with van der Waals surface area (Å²) in [5, 5.41) is 0. The topological polar surface area (TPSA) is 38.9 Å². The fourth-order valence-corrected chi connectivity index (χ4v) is 2.84. The average molecular weight is 238 g/mol. The molecule has 0 aliphatic heterocycles. The van der Waals surface area contributed by atoms with Gasteiger partial charge in [0.25, 0.3) is 0 Å². The molecular weight excluding hydrogens is 220 g/mol. The van der Waals surface area contributed by atoms with Crippen molar-refractivity contribution < 1.29 is 0 Å². The summed E-state index contributed by atoms with van der Waals surface area (Å²) in [6.07, 6.45) is 6.89. The monoisotopic (exact) mass is 238 g/mol. The maximum atomic E-state index is 6.25. The van der Waals surface area contributed by atoms with Crippen LogP contribution in [0.25, 0.3) is 0 Å². The second-order valence-corrected chi connectivity index (χ2v) is 5.16. The van der Waals surface area contributed by atoms with Gasteiger partial charge in [0.2, 0.25) is 0 Å². The Balaban J connectivity index is 1.59. The van der Waals surface area contributed by atoms with Crippen LogP contribution in [0.1, 0.15) is 29.0 Å². The molecule has 0 amide bonds. The molecule has 3 rings (SSSR count). The van der Waals surface area contributed by atoms with Crippen molar-refractivity contribution in [3.63, 3.8) is 0 Å². The minimum Gasteiger partial charge on any atom is -0.327 e. The van der Waals surface area contributed by atoms with Crippen LogP contribution in [0.2, 0.25) is 0 Å². The molecule has 1 heterocycles. The summed E-state index contributed by atoms with van der Waals surface area (Å²) in [5.74, 6) is 0.665. The highest BCUT2D eigenvalue weighted by Gasteiger charge is 2.26. The smallest absolute Gasteiger partial charge is 0.0270 e. The van der Waals surface area contributed by atoms with Gasteiger partial charge in [0.1, 0.15) is 0 Å². The van der Waals surface area contributed by atoms with Crippen LogP contribution in [0.15, 0.2) is 48.8 Å². The molecular formula is C16H18N2. The molecule has 0 saturated heterocycles. The van der Waals surface area contributed by atoms with E-state index in [1.54, 1.807) is 0 Å². The van der Waals surface area contributed by atoms with Gasteiger partial charge in [-0.15, -0.1) is 0 Å². The second-order valence-electron chi connectivity index (χ2n) is 5.16. The van der Waals surface area contributed by atoms with Gasteiger partial charge in [-0.1, -0.05) is 24.3 Å². The Labute approximate surface area is 108 Å². The predicted octanol–water partition coefficient (Wildman–Crippen LogP) is 2.68. The lowest BCUT2D eigenvalue weighted by atomic mass is 9.74. The van der Waals surface area contributed by atoms with Crippen LogP contribution in [0, 0.1) is 0 Å². The van der Waals surface area contributed by atoms with E-state index in [0.29, 0.717) is 5.92 Å². The third-order valence-electron chi connectivity index (χ3n) is 3.80. The van der Waals surface area contributed by atoms with Gasteiger partial charge in [-0.3, -0.25) is 4.98 Å². The summed E-state index contributed by atoms with van der Waals surface area (Å²) in [6.45, 7) is 0. The molecule has 92 valence electrons. The number of hydrogen-bond donors (Lipinski definition) is 1. The van der Waals surface area contributed by atoms with E-state index in [0.717, 1.165) is 12.8 Å². The summed E-state index contributed by atoms with van der Waals surface area (Å²) in [4.78, 5) is 4.03. The number of fused-ring (bicyclic) bond motifs is 1. The minimum atomic E-state index is 0.241. The van der Waals surface area contributed by atoms with Crippen molar-refractivity contribution in [3.8, 4) is 0 Å². The van der Waals surface area contributed by atoms with E-state index in [-0.39, 0.29) is 6.04 Å². The van der Waals surface area contributed by atoms with Crippen LogP contribution in [0.3, 0.4) is 0 Å². The predicted molar refractivity (Wildman–Crippen MR) is 73.4 cm³/mol. The fraction of sp³-hybridized carbons (Fsp3) is 0.312. The van der Waals surface area contributed by atoms with Gasteiger partial charge in [-0.05, 0) is 54.0 Å². The molecule has 2 nitrogen and oxygen atoms in total. The van der Waals surface area contributed by atoms with E-state index in [4.69, 9.17) is 5.73 Å². The van der Waals surface area contributed by atoms with Crippen LogP contribution in [-0.4, -0.2) is 11.0 Å². The maximum Gasteiger partial charge on any atom is 0.0270 e. The maximum absolute atomic E-state index is 6.25. The lowest BCUT2D eigenvalue weighted by molar-refractivity contribution is 0.484. The molecule has 2 aromatic rings. The Morgan fingerprint density at radius 3 is 2.72 bits per heavy atom. The lowest BCUT2D eigenvalue weighted by Crippen LogP contribution is -2.29. The van der Waals surface area contributed by atoms with E-state index < -0.39 is 0 Å². The van der Waals surface area contributed by atoms with Gasteiger partial charge in [0.15, 0.2) is 0 Å². The van der Waals surface area contributed by atoms with E-state index in [1.165, 1.54) is 23.1 Å². The Hall–Kier alpha value is -1.67. The molecule has 1 aromatic heterocycles. The van der Waals surface area contributed by atoms with Crippen LogP contribution >= 0.6 is 0 Å². The number of nitrogens with zero attached hydrogens (tertiary/aromatic N) is 1. The first kappa shape index (κ1) is 11.4. The number of aromatic nitrogens is 1. The average Bonchev–Trinajstić information content (AvgIpc) is 2.37. The highest BCUT2D eigenvalue weighted by atomic mass is 14.6. The van der Waals surface area contributed by atoms with Crippen molar-refractivity contribution in [2.75, 3.05) is 0 Å². The Morgan fingerprint density at radius 1 is 1.17 bits per heavy atom. The standard InChI is InChI=1S/C16H18N2/c17-15(9-12-5-7-18-8-6-12)11-14-10-13-3-1-2-4-16(13)14/h1-8,14-15H,9-11,17H2. The molecule has 1 aliphatic rings. The van der Waals surface area contributed by atoms with Gasteiger partial charge in [0, 0.05) is 18.4 Å². The Morgan fingerprint density at radius 2 is 1.94 bits per heavy atom. The van der Waals surface area contributed by atoms with Gasteiger partial charge in [-0.25, -0.2) is 0 Å². The van der Waals surface area contributed by atoms with E-state index in [9.17, 15) is 0 Å². The first-order valence-electron chi connectivity index (χ1n) is 6.55. The van der Waals surface area contributed by atoms with Gasteiger partial charge < -0.3 is 5.73 Å². The first-order valence-corrected chi connectivity index (χ1v) is 6.55. The number of hydrogen-bond acceptors (Lipinski definition) is 2. The van der Waals surface area contributed by atoms with Crippen molar-refractivity contribution >= 4 is 0 Å². The Kier molecular flexibility index (Phi) is 3.11. The molecule has 2 atom stereocenters. The molecule has 0 bridgehead atoms. The molecule has 2 N–H and O–H groups in total. The SMILES string of the molecule is NC(Cc1ccncc1)CC1Cc2ccccc21. The Bertz CT molecular complexity index is 522.